The summed E-state index contributed by atoms with van der Waals surface area (Å²) in [6.07, 6.45) is -1.52. The van der Waals surface area contributed by atoms with E-state index in [2.05, 4.69) is 27.4 Å². The molecule has 434 valence electrons. The Labute approximate surface area is 457 Å². The van der Waals surface area contributed by atoms with Crippen LogP contribution in [-0.4, -0.2) is 210 Å². The monoisotopic (exact) mass is 1090 g/mol. The minimum atomic E-state index is -1.80. The molecule has 21 atom stereocenters. The average molecular weight is 1100 g/mol. The van der Waals surface area contributed by atoms with Gasteiger partial charge < -0.3 is 63.5 Å². The Morgan fingerprint density at radius 1 is 0.987 bits per heavy atom. The van der Waals surface area contributed by atoms with Crippen molar-refractivity contribution in [3.8, 4) is 0 Å². The van der Waals surface area contributed by atoms with Gasteiger partial charge in [-0.25, -0.2) is 4.39 Å². The van der Waals surface area contributed by atoms with Gasteiger partial charge in [-0.1, -0.05) is 62.3 Å². The van der Waals surface area contributed by atoms with Crippen molar-refractivity contribution in [2.75, 3.05) is 66.6 Å². The van der Waals surface area contributed by atoms with Crippen molar-refractivity contribution in [3.05, 3.63) is 35.4 Å². The van der Waals surface area contributed by atoms with Crippen LogP contribution in [0.25, 0.3) is 0 Å². The topological polar surface area (TPSA) is 209 Å². The van der Waals surface area contributed by atoms with Crippen LogP contribution in [0.15, 0.2) is 39.8 Å². The van der Waals surface area contributed by atoms with Crippen LogP contribution in [0.3, 0.4) is 0 Å². The number of hydrogen-bond acceptors (Lipinski definition) is 19. The number of hydrogen-bond donors (Lipinski definition) is 4. The first-order valence-electron chi connectivity index (χ1n) is 27.8. The number of carbonyl (C=O) groups is 1. The maximum atomic E-state index is 15.0. The summed E-state index contributed by atoms with van der Waals surface area (Å²) in [6, 6.07) is 6.54. The molecule has 5 aliphatic heterocycles. The van der Waals surface area contributed by atoms with E-state index in [4.69, 9.17) is 33.3 Å². The molecular formula is C56H95FN6O12S. The van der Waals surface area contributed by atoms with Crippen LogP contribution in [0.4, 0.5) is 4.39 Å². The fourth-order valence-corrected chi connectivity index (χ4v) is 13.6. The largest absolute Gasteiger partial charge is 0.459 e. The first-order chi connectivity index (χ1) is 35.8. The van der Waals surface area contributed by atoms with Crippen molar-refractivity contribution in [2.45, 2.75) is 216 Å². The highest BCUT2D eigenvalue weighted by atomic mass is 32.2. The van der Waals surface area contributed by atoms with E-state index in [-0.39, 0.29) is 49.5 Å². The summed E-state index contributed by atoms with van der Waals surface area (Å²) < 4.78 is 53.6. The molecule has 20 heteroatoms. The molecular weight excluding hydrogens is 1000 g/mol. The lowest BCUT2D eigenvalue weighted by Gasteiger charge is -2.51. The molecule has 0 saturated carbocycles. The van der Waals surface area contributed by atoms with Crippen molar-refractivity contribution in [3.63, 3.8) is 0 Å². The number of likely N-dealkylation sites (N-methyl/N-ethyl adjacent to an activating group) is 1. The Kier molecular flexibility index (Phi) is 22.1. The number of cyclic esters (lactones) is 1. The lowest BCUT2D eigenvalue weighted by molar-refractivity contribution is -0.275. The zero-order valence-electron chi connectivity index (χ0n) is 48.2. The Hall–Kier alpha value is -2.60. The number of benzene rings is 1. The highest BCUT2D eigenvalue weighted by Crippen LogP contribution is 2.45. The summed E-state index contributed by atoms with van der Waals surface area (Å²) in [5, 5.41) is 63.1. The minimum absolute atomic E-state index is 0.0266. The molecule has 3 saturated heterocycles. The molecule has 1 aromatic carbocycles. The van der Waals surface area contributed by atoms with E-state index in [1.54, 1.807) is 51.8 Å². The number of thioether (sulfide) groups is 1. The van der Waals surface area contributed by atoms with E-state index < -0.39 is 108 Å². The fraction of sp³-hybridized carbons (Fsp3) is 0.857. The number of aliphatic hydroxyl groups excluding tert-OH is 2. The van der Waals surface area contributed by atoms with Crippen molar-refractivity contribution in [2.24, 2.45) is 39.2 Å². The van der Waals surface area contributed by atoms with Crippen LogP contribution in [0.1, 0.15) is 131 Å². The molecule has 18 nitrogen and oxygen atoms in total. The molecule has 0 amide bonds. The van der Waals surface area contributed by atoms with Crippen molar-refractivity contribution >= 4 is 23.4 Å². The Morgan fingerprint density at radius 2 is 1.68 bits per heavy atom. The quantitative estimate of drug-likeness (QED) is 0.121. The molecule has 0 bridgehead atoms. The van der Waals surface area contributed by atoms with E-state index in [0.717, 1.165) is 35.4 Å². The normalized spacial score (nSPS) is 41.2. The van der Waals surface area contributed by atoms with Crippen molar-refractivity contribution in [1.82, 2.24) is 14.8 Å². The number of rotatable bonds is 17. The number of alkyl halides is 1. The van der Waals surface area contributed by atoms with Gasteiger partial charge in [-0.3, -0.25) is 9.80 Å². The molecule has 5 heterocycles. The van der Waals surface area contributed by atoms with Gasteiger partial charge in [-0.05, 0) is 111 Å². The molecule has 6 rings (SSSR count). The zero-order valence-corrected chi connectivity index (χ0v) is 49.0. The van der Waals surface area contributed by atoms with Gasteiger partial charge in [-0.2, -0.15) is 16.9 Å². The summed E-state index contributed by atoms with van der Waals surface area (Å²) in [5.41, 5.74) is -1.61. The molecule has 4 N–H and O–H groups in total. The predicted molar refractivity (Wildman–Crippen MR) is 291 cm³/mol. The minimum Gasteiger partial charge on any atom is -0.459 e. The van der Waals surface area contributed by atoms with Crippen LogP contribution in [-0.2, 0) is 38.1 Å². The lowest BCUT2D eigenvalue weighted by Crippen LogP contribution is -2.61. The number of oxime groups is 1. The zero-order chi connectivity index (χ0) is 56.0. The molecule has 0 aliphatic carbocycles. The van der Waals surface area contributed by atoms with Gasteiger partial charge in [0.15, 0.2) is 6.29 Å². The molecule has 0 spiro atoms. The second-order valence-corrected chi connectivity index (χ2v) is 24.8. The van der Waals surface area contributed by atoms with Crippen LogP contribution < -0.4 is 0 Å². The number of aliphatic hydroxyl groups is 4. The van der Waals surface area contributed by atoms with Gasteiger partial charge in [0.25, 0.3) is 0 Å². The van der Waals surface area contributed by atoms with Crippen molar-refractivity contribution in [1.29, 1.82) is 0 Å². The standard InChI is InChI=1S/C56H95FN6O12S/c1-16-46-56(10,68)50(64)36(6)62(12)29-32(2)26-54(8,67)52(34(4)48(35(5)53(66)73-46)45-27-55(9,70-14)51(65)37(7)72-45)74-47-24-41(23-33(3)71-47)61(11)22-21-40-30-63(60-58-40)44(28-57)49(69-13)39-19-17-38(18-20-39)43-25-42(31-76-15)75-59-43/h17-20,32-37,40-42,44-52,64-65,67-68H,16,21-31H2,1-15H3/t32-,33-,34+,35-,36-,37+,40?,41+,42+,44-,45?,46-,47+,48+,49-,50-,51+,52-,54-,55-,56-/m1/s1. The number of ether oxygens (including phenoxy) is 6. The van der Waals surface area contributed by atoms with E-state index in [1.165, 1.54) is 6.92 Å². The number of halogens is 1. The maximum Gasteiger partial charge on any atom is 0.309 e. The second-order valence-electron chi connectivity index (χ2n) is 23.9. The highest BCUT2D eigenvalue weighted by Gasteiger charge is 2.54. The molecule has 0 radical (unpaired) electrons. The van der Waals surface area contributed by atoms with Gasteiger partial charge in [0.1, 0.15) is 48.8 Å². The summed E-state index contributed by atoms with van der Waals surface area (Å²) in [5.74, 6) is -1.96. The van der Waals surface area contributed by atoms with Crippen molar-refractivity contribution < 1.29 is 62.9 Å². The molecule has 5 aliphatic rings. The molecule has 0 aromatic heterocycles. The number of esters is 1. The number of methoxy groups -OCH3 is 2. The molecule has 3 fully saturated rings. The number of carbonyl (C=O) groups excluding carboxylic acids is 1. The molecule has 2 unspecified atom stereocenters. The highest BCUT2D eigenvalue weighted by molar-refractivity contribution is 7.98. The molecule has 1 aromatic rings. The van der Waals surface area contributed by atoms with Gasteiger partial charge in [0, 0.05) is 70.3 Å². The third-order valence-corrected chi connectivity index (χ3v) is 18.4. The van der Waals surface area contributed by atoms with E-state index in [9.17, 15) is 25.2 Å². The maximum absolute atomic E-state index is 15.0. The van der Waals surface area contributed by atoms with Gasteiger partial charge >= 0.3 is 5.97 Å². The van der Waals surface area contributed by atoms with E-state index in [1.807, 2.05) is 84.0 Å². The van der Waals surface area contributed by atoms with Crippen LogP contribution >= 0.6 is 11.8 Å². The second kappa shape index (κ2) is 26.8. The van der Waals surface area contributed by atoms with Gasteiger partial charge in [-0.15, -0.1) is 0 Å². The smallest absolute Gasteiger partial charge is 0.309 e. The fourth-order valence-electron chi connectivity index (χ4n) is 13.1. The third-order valence-electron chi connectivity index (χ3n) is 17.7. The Balaban J connectivity index is 1.19. The first-order valence-corrected chi connectivity index (χ1v) is 29.2. The summed E-state index contributed by atoms with van der Waals surface area (Å²) in [6.45, 7) is 19.3. The predicted octanol–water partition coefficient (Wildman–Crippen LogP) is 6.60. The van der Waals surface area contributed by atoms with Crippen LogP contribution in [0.2, 0.25) is 0 Å². The van der Waals surface area contributed by atoms with Gasteiger partial charge in [0.2, 0.25) is 0 Å². The average Bonchev–Trinajstić information content (AvgIpc) is 4.06. The van der Waals surface area contributed by atoms with Gasteiger partial charge in [0.05, 0.1) is 59.8 Å². The van der Waals surface area contributed by atoms with E-state index >= 15 is 4.39 Å². The van der Waals surface area contributed by atoms with E-state index in [0.29, 0.717) is 32.5 Å². The third kappa shape index (κ3) is 14.5. The summed E-state index contributed by atoms with van der Waals surface area (Å²) in [7, 11) is 7.10. The number of nitrogens with zero attached hydrogens (tertiary/aromatic N) is 6. The summed E-state index contributed by atoms with van der Waals surface area (Å²) >= 11 is 1.73. The van der Waals surface area contributed by atoms with Crippen LogP contribution in [0, 0.1) is 23.7 Å². The lowest BCUT2D eigenvalue weighted by atomic mass is 9.68. The molecule has 76 heavy (non-hydrogen) atoms. The Bertz CT molecular complexity index is 2060. The van der Waals surface area contributed by atoms with Crippen LogP contribution in [0.5, 0.6) is 0 Å². The Morgan fingerprint density at radius 3 is 2.32 bits per heavy atom. The SMILES string of the molecule is CC[C@H]1OC(=O)[C@H](C)[C@@H](C2C[C@@](C)(OC)[C@@H](O)[C@H](C)O2)[C@H](C)[C@@H](O[C@H]2C[C@@H](N(C)CCC3CN([C@H](CF)[C@H](OC)c4ccc(C5=NO[C@H](CSC)C5)cc4)N=N3)C[C@@H](C)O2)[C@](C)(O)C[C@@H](C)CN(C)[C@H](C)[C@@H](O)[C@]1(C)O. The summed E-state index contributed by atoms with van der Waals surface area (Å²) in [4.78, 5) is 24.5. The first kappa shape index (κ1) is 62.6.